The predicted molar refractivity (Wildman–Crippen MR) is 80.6 cm³/mol. The van der Waals surface area contributed by atoms with Gasteiger partial charge in [-0.15, -0.1) is 0 Å². The molecule has 1 aliphatic heterocycles. The van der Waals surface area contributed by atoms with Crippen LogP contribution in [0.3, 0.4) is 0 Å². The Morgan fingerprint density at radius 3 is 2.35 bits per heavy atom. The van der Waals surface area contributed by atoms with E-state index in [-0.39, 0.29) is 24.2 Å². The molecule has 0 aromatic heterocycles. The molecule has 1 aromatic rings. The average Bonchev–Trinajstić information content (AvgIpc) is 2.77. The zero-order chi connectivity index (χ0) is 17.2. The average molecular weight is 318 g/mol. The van der Waals surface area contributed by atoms with E-state index >= 15 is 0 Å². The van der Waals surface area contributed by atoms with Gasteiger partial charge in [0.15, 0.2) is 0 Å². The van der Waals surface area contributed by atoms with Gasteiger partial charge in [-0.1, -0.05) is 12.1 Å². The van der Waals surface area contributed by atoms with Gasteiger partial charge in [-0.25, -0.2) is 4.79 Å². The fraction of sp³-hybridized carbons (Fsp3) is 0.375. The number of carbonyl (C=O) groups is 4. The molecule has 122 valence electrons. The Bertz CT molecular complexity index is 664. The highest BCUT2D eigenvalue weighted by Gasteiger charge is 2.31. The van der Waals surface area contributed by atoms with E-state index in [2.05, 4.69) is 10.6 Å². The summed E-state index contributed by atoms with van der Waals surface area (Å²) in [6.07, 6.45) is 0.591. The summed E-state index contributed by atoms with van der Waals surface area (Å²) in [4.78, 5) is 45.7. The highest BCUT2D eigenvalue weighted by atomic mass is 16.4. The Hall–Kier alpha value is -2.70. The molecule has 1 heterocycles. The SMILES string of the molecule is CC(C)(NC(=O)c1ccc(CC2CC(=O)NC2=O)cc1)C(=O)O. The number of nitrogens with one attached hydrogen (secondary N) is 2. The van der Waals surface area contributed by atoms with Gasteiger partial charge in [-0.05, 0) is 38.0 Å². The monoisotopic (exact) mass is 318 g/mol. The van der Waals surface area contributed by atoms with Crippen LogP contribution >= 0.6 is 0 Å². The minimum atomic E-state index is -1.36. The van der Waals surface area contributed by atoms with Crippen LogP contribution in [0.25, 0.3) is 0 Å². The van der Waals surface area contributed by atoms with Gasteiger partial charge in [0.05, 0.1) is 5.92 Å². The van der Waals surface area contributed by atoms with Crippen molar-refractivity contribution in [2.75, 3.05) is 0 Å². The quantitative estimate of drug-likeness (QED) is 0.684. The van der Waals surface area contributed by atoms with E-state index in [1.807, 2.05) is 0 Å². The Morgan fingerprint density at radius 1 is 1.26 bits per heavy atom. The standard InChI is InChI=1S/C16H18N2O5/c1-16(2,15(22)23)18-14(21)10-5-3-9(4-6-10)7-11-8-12(19)17-13(11)20/h3-6,11H,7-8H2,1-2H3,(H,18,21)(H,22,23)(H,17,19,20). The van der Waals surface area contributed by atoms with Crippen molar-refractivity contribution in [2.45, 2.75) is 32.2 Å². The molecule has 1 atom stereocenters. The van der Waals surface area contributed by atoms with Crippen molar-refractivity contribution in [3.63, 3.8) is 0 Å². The first kappa shape index (κ1) is 16.7. The van der Waals surface area contributed by atoms with Gasteiger partial charge in [0, 0.05) is 12.0 Å². The summed E-state index contributed by atoms with van der Waals surface area (Å²) >= 11 is 0. The summed E-state index contributed by atoms with van der Waals surface area (Å²) in [6, 6.07) is 6.52. The Balaban J connectivity index is 2.02. The number of carboxylic acid groups (broad SMARTS) is 1. The largest absolute Gasteiger partial charge is 0.480 e. The third-order valence-electron chi connectivity index (χ3n) is 3.72. The molecule has 1 fully saturated rings. The molecule has 7 nitrogen and oxygen atoms in total. The number of hydrogen-bond donors (Lipinski definition) is 3. The first-order chi connectivity index (χ1) is 10.7. The molecule has 2 rings (SSSR count). The van der Waals surface area contributed by atoms with Crippen molar-refractivity contribution in [3.8, 4) is 0 Å². The van der Waals surface area contributed by atoms with Crippen LogP contribution in [-0.4, -0.2) is 34.3 Å². The van der Waals surface area contributed by atoms with Crippen LogP contribution in [0.15, 0.2) is 24.3 Å². The molecule has 0 spiro atoms. The lowest BCUT2D eigenvalue weighted by atomic mass is 9.97. The van der Waals surface area contributed by atoms with Gasteiger partial charge in [0.25, 0.3) is 5.91 Å². The lowest BCUT2D eigenvalue weighted by molar-refractivity contribution is -0.143. The van der Waals surface area contributed by atoms with E-state index in [1.54, 1.807) is 24.3 Å². The van der Waals surface area contributed by atoms with Crippen molar-refractivity contribution in [1.29, 1.82) is 0 Å². The van der Waals surface area contributed by atoms with Crippen LogP contribution in [-0.2, 0) is 20.8 Å². The zero-order valence-electron chi connectivity index (χ0n) is 12.9. The van der Waals surface area contributed by atoms with Gasteiger partial charge < -0.3 is 10.4 Å². The summed E-state index contributed by atoms with van der Waals surface area (Å²) in [7, 11) is 0. The first-order valence-electron chi connectivity index (χ1n) is 7.17. The summed E-state index contributed by atoms with van der Waals surface area (Å²) in [5.41, 5.74) is -0.207. The van der Waals surface area contributed by atoms with E-state index in [0.29, 0.717) is 12.0 Å². The van der Waals surface area contributed by atoms with Crippen molar-refractivity contribution in [2.24, 2.45) is 5.92 Å². The van der Waals surface area contributed by atoms with Crippen LogP contribution in [0.5, 0.6) is 0 Å². The molecule has 1 aromatic carbocycles. The number of amides is 3. The van der Waals surface area contributed by atoms with Crippen molar-refractivity contribution in [3.05, 3.63) is 35.4 Å². The van der Waals surface area contributed by atoms with Crippen LogP contribution < -0.4 is 10.6 Å². The molecule has 1 unspecified atom stereocenters. The van der Waals surface area contributed by atoms with Crippen LogP contribution in [0.1, 0.15) is 36.2 Å². The number of carbonyl (C=O) groups excluding carboxylic acids is 3. The Kier molecular flexibility index (Phi) is 4.49. The molecule has 3 N–H and O–H groups in total. The normalized spacial score (nSPS) is 17.7. The van der Waals surface area contributed by atoms with Gasteiger partial charge in [-0.2, -0.15) is 0 Å². The topological polar surface area (TPSA) is 113 Å². The van der Waals surface area contributed by atoms with E-state index < -0.39 is 17.4 Å². The smallest absolute Gasteiger partial charge is 0.328 e. The maximum atomic E-state index is 12.0. The van der Waals surface area contributed by atoms with E-state index in [4.69, 9.17) is 5.11 Å². The highest BCUT2D eigenvalue weighted by Crippen LogP contribution is 2.18. The molecule has 0 radical (unpaired) electrons. The summed E-state index contributed by atoms with van der Waals surface area (Å²) in [5.74, 6) is -2.54. The highest BCUT2D eigenvalue weighted by molar-refractivity contribution is 6.03. The molecule has 0 bridgehead atoms. The Labute approximate surface area is 133 Å². The molecule has 3 amide bonds. The van der Waals surface area contributed by atoms with E-state index in [1.165, 1.54) is 13.8 Å². The fourth-order valence-electron chi connectivity index (χ4n) is 2.26. The molecule has 0 saturated carbocycles. The number of benzene rings is 1. The van der Waals surface area contributed by atoms with Crippen LogP contribution in [0, 0.1) is 5.92 Å². The summed E-state index contributed by atoms with van der Waals surface area (Å²) in [6.45, 7) is 2.80. The molecular weight excluding hydrogens is 300 g/mol. The predicted octanol–water partition coefficient (Wildman–Crippen LogP) is 0.485. The van der Waals surface area contributed by atoms with Crippen molar-refractivity contribution in [1.82, 2.24) is 10.6 Å². The molecule has 23 heavy (non-hydrogen) atoms. The van der Waals surface area contributed by atoms with Crippen LogP contribution in [0.4, 0.5) is 0 Å². The van der Waals surface area contributed by atoms with Gasteiger partial charge in [0.1, 0.15) is 5.54 Å². The summed E-state index contributed by atoms with van der Waals surface area (Å²) < 4.78 is 0. The Morgan fingerprint density at radius 2 is 1.87 bits per heavy atom. The third kappa shape index (κ3) is 3.94. The second kappa shape index (κ2) is 6.20. The lowest BCUT2D eigenvalue weighted by Crippen LogP contribution is -2.49. The fourth-order valence-corrected chi connectivity index (χ4v) is 2.26. The van der Waals surface area contributed by atoms with Crippen molar-refractivity contribution >= 4 is 23.7 Å². The summed E-state index contributed by atoms with van der Waals surface area (Å²) in [5, 5.41) is 13.7. The number of imide groups is 1. The zero-order valence-corrected chi connectivity index (χ0v) is 12.9. The van der Waals surface area contributed by atoms with E-state index in [9.17, 15) is 19.2 Å². The second-order valence-corrected chi connectivity index (χ2v) is 6.10. The lowest BCUT2D eigenvalue weighted by Gasteiger charge is -2.21. The van der Waals surface area contributed by atoms with Gasteiger partial charge in [-0.3, -0.25) is 19.7 Å². The molecule has 1 saturated heterocycles. The number of aliphatic carboxylic acids is 1. The van der Waals surface area contributed by atoms with Crippen LogP contribution in [0.2, 0.25) is 0 Å². The molecule has 0 aliphatic carbocycles. The molecule has 1 aliphatic rings. The van der Waals surface area contributed by atoms with Crippen molar-refractivity contribution < 1.29 is 24.3 Å². The molecular formula is C16H18N2O5. The minimum Gasteiger partial charge on any atom is -0.480 e. The third-order valence-corrected chi connectivity index (χ3v) is 3.72. The maximum Gasteiger partial charge on any atom is 0.328 e. The number of hydrogen-bond acceptors (Lipinski definition) is 4. The van der Waals surface area contributed by atoms with Gasteiger partial charge in [0.2, 0.25) is 11.8 Å². The van der Waals surface area contributed by atoms with E-state index in [0.717, 1.165) is 5.56 Å². The molecule has 7 heteroatoms. The first-order valence-corrected chi connectivity index (χ1v) is 7.17. The number of carboxylic acids is 1. The second-order valence-electron chi connectivity index (χ2n) is 6.10. The maximum absolute atomic E-state index is 12.0. The number of rotatable bonds is 5. The van der Waals surface area contributed by atoms with Gasteiger partial charge >= 0.3 is 5.97 Å². The minimum absolute atomic E-state index is 0.174.